The summed E-state index contributed by atoms with van der Waals surface area (Å²) in [6.07, 6.45) is 4.08. The van der Waals surface area contributed by atoms with Crippen molar-refractivity contribution < 1.29 is 4.74 Å². The Bertz CT molecular complexity index is 393. The molecule has 0 radical (unpaired) electrons. The van der Waals surface area contributed by atoms with Gasteiger partial charge in [0, 0.05) is 11.6 Å². The molecule has 1 saturated heterocycles. The minimum absolute atomic E-state index is 0.269. The number of pyridine rings is 1. The number of ether oxygens (including phenoxy) is 1. The number of hydrogen-bond donors (Lipinski definition) is 0. The van der Waals surface area contributed by atoms with E-state index in [1.807, 2.05) is 12.3 Å². The minimum atomic E-state index is 0.269. The Hall–Kier alpha value is -1.15. The minimum Gasteiger partial charge on any atom is -0.379 e. The Morgan fingerprint density at radius 3 is 3.00 bits per heavy atom. The highest BCUT2D eigenvalue weighted by Gasteiger charge is 2.44. The van der Waals surface area contributed by atoms with E-state index < -0.39 is 0 Å². The van der Waals surface area contributed by atoms with Gasteiger partial charge in [0.1, 0.15) is 0 Å². The maximum atomic E-state index is 5.35. The van der Waals surface area contributed by atoms with Crippen LogP contribution in [-0.4, -0.2) is 18.2 Å². The van der Waals surface area contributed by atoms with Gasteiger partial charge in [-0.3, -0.25) is 4.98 Å². The zero-order valence-electron chi connectivity index (χ0n) is 8.12. The summed E-state index contributed by atoms with van der Waals surface area (Å²) in [5.74, 6) is 0. The lowest BCUT2D eigenvalue weighted by atomic mass is 9.69. The smallest absolute Gasteiger partial charge is 0.0695 e. The molecule has 14 heavy (non-hydrogen) atoms. The lowest BCUT2D eigenvalue weighted by Gasteiger charge is -2.45. The van der Waals surface area contributed by atoms with Gasteiger partial charge in [0.05, 0.1) is 18.9 Å². The molecule has 0 atom stereocenters. The average molecular weight is 187 g/mol. The van der Waals surface area contributed by atoms with Crippen molar-refractivity contribution in [2.75, 3.05) is 13.2 Å². The van der Waals surface area contributed by atoms with Crippen molar-refractivity contribution in [3.63, 3.8) is 0 Å². The number of allylic oxidation sites excluding steroid dienone is 1. The van der Waals surface area contributed by atoms with Crippen LogP contribution in [0.25, 0.3) is 5.57 Å². The van der Waals surface area contributed by atoms with Gasteiger partial charge in [-0.05, 0) is 30.0 Å². The Morgan fingerprint density at radius 1 is 1.43 bits per heavy atom. The van der Waals surface area contributed by atoms with Crippen LogP contribution in [-0.2, 0) is 10.2 Å². The van der Waals surface area contributed by atoms with E-state index in [9.17, 15) is 0 Å². The fraction of sp³-hybridized carbons (Fsp3) is 0.417. The number of rotatable bonds is 0. The first kappa shape index (κ1) is 8.18. The maximum Gasteiger partial charge on any atom is 0.0695 e. The van der Waals surface area contributed by atoms with Crippen LogP contribution in [0.5, 0.6) is 0 Å². The highest BCUT2D eigenvalue weighted by Crippen LogP contribution is 2.45. The third-order valence-electron chi connectivity index (χ3n) is 3.38. The standard InChI is InChI=1S/C12H13NO/c1-9-4-5-12(7-14-8-12)10-3-2-6-13-11(9)10/h2-3,6H,1,4-5,7-8H2. The van der Waals surface area contributed by atoms with Gasteiger partial charge in [0.2, 0.25) is 0 Å². The van der Waals surface area contributed by atoms with Crippen molar-refractivity contribution in [2.24, 2.45) is 0 Å². The summed E-state index contributed by atoms with van der Waals surface area (Å²) in [4.78, 5) is 4.42. The summed E-state index contributed by atoms with van der Waals surface area (Å²) >= 11 is 0. The van der Waals surface area contributed by atoms with Crippen LogP contribution >= 0.6 is 0 Å². The van der Waals surface area contributed by atoms with E-state index in [2.05, 4.69) is 17.6 Å². The van der Waals surface area contributed by atoms with Crippen molar-refractivity contribution in [3.05, 3.63) is 36.2 Å². The number of fused-ring (bicyclic) bond motifs is 2. The van der Waals surface area contributed by atoms with E-state index in [1.165, 1.54) is 17.6 Å². The van der Waals surface area contributed by atoms with Crippen molar-refractivity contribution >= 4 is 5.57 Å². The normalized spacial score (nSPS) is 23.0. The quantitative estimate of drug-likeness (QED) is 0.621. The van der Waals surface area contributed by atoms with E-state index in [0.717, 1.165) is 25.3 Å². The van der Waals surface area contributed by atoms with Gasteiger partial charge in [-0.1, -0.05) is 12.6 Å². The van der Waals surface area contributed by atoms with Crippen LogP contribution in [0.4, 0.5) is 0 Å². The van der Waals surface area contributed by atoms with E-state index in [1.54, 1.807) is 0 Å². The van der Waals surface area contributed by atoms with Gasteiger partial charge in [-0.25, -0.2) is 0 Å². The molecular weight excluding hydrogens is 174 g/mol. The molecule has 1 aliphatic carbocycles. The molecule has 0 aromatic carbocycles. The third-order valence-corrected chi connectivity index (χ3v) is 3.38. The second kappa shape index (κ2) is 2.67. The monoisotopic (exact) mass is 187 g/mol. The van der Waals surface area contributed by atoms with Gasteiger partial charge in [0.25, 0.3) is 0 Å². The molecule has 0 bridgehead atoms. The Kier molecular flexibility index (Phi) is 1.56. The Labute approximate surface area is 83.6 Å². The van der Waals surface area contributed by atoms with Crippen molar-refractivity contribution in [2.45, 2.75) is 18.3 Å². The highest BCUT2D eigenvalue weighted by molar-refractivity contribution is 5.67. The topological polar surface area (TPSA) is 22.1 Å². The molecule has 1 aromatic heterocycles. The largest absolute Gasteiger partial charge is 0.379 e. The molecule has 2 nitrogen and oxygen atoms in total. The van der Waals surface area contributed by atoms with Gasteiger partial charge >= 0.3 is 0 Å². The van der Waals surface area contributed by atoms with E-state index in [4.69, 9.17) is 4.74 Å². The number of aromatic nitrogens is 1. The molecule has 0 saturated carbocycles. The van der Waals surface area contributed by atoms with Crippen molar-refractivity contribution in [1.29, 1.82) is 0 Å². The molecule has 0 unspecified atom stereocenters. The summed E-state index contributed by atoms with van der Waals surface area (Å²) in [7, 11) is 0. The summed E-state index contributed by atoms with van der Waals surface area (Å²) in [5, 5.41) is 0. The van der Waals surface area contributed by atoms with Gasteiger partial charge in [0.15, 0.2) is 0 Å². The fourth-order valence-corrected chi connectivity index (χ4v) is 2.41. The maximum absolute atomic E-state index is 5.35. The zero-order valence-corrected chi connectivity index (χ0v) is 8.12. The second-order valence-corrected chi connectivity index (χ2v) is 4.28. The Morgan fingerprint density at radius 2 is 2.29 bits per heavy atom. The van der Waals surface area contributed by atoms with Crippen LogP contribution in [0.15, 0.2) is 24.9 Å². The second-order valence-electron chi connectivity index (χ2n) is 4.28. The van der Waals surface area contributed by atoms with E-state index >= 15 is 0 Å². The molecule has 2 heteroatoms. The predicted molar refractivity (Wildman–Crippen MR) is 55.0 cm³/mol. The van der Waals surface area contributed by atoms with Gasteiger partial charge < -0.3 is 4.74 Å². The lowest BCUT2D eigenvalue weighted by Crippen LogP contribution is -2.48. The first-order valence-electron chi connectivity index (χ1n) is 5.03. The molecule has 1 aromatic rings. The number of nitrogens with zero attached hydrogens (tertiary/aromatic N) is 1. The molecule has 1 fully saturated rings. The summed E-state index contributed by atoms with van der Waals surface area (Å²) in [6.45, 7) is 5.80. The molecule has 72 valence electrons. The zero-order chi connectivity index (χ0) is 9.60. The van der Waals surface area contributed by atoms with Crippen LogP contribution in [0.2, 0.25) is 0 Å². The van der Waals surface area contributed by atoms with E-state index in [-0.39, 0.29) is 5.41 Å². The van der Waals surface area contributed by atoms with Gasteiger partial charge in [-0.15, -0.1) is 0 Å². The van der Waals surface area contributed by atoms with Crippen LogP contribution in [0.1, 0.15) is 24.1 Å². The van der Waals surface area contributed by atoms with E-state index in [0.29, 0.717) is 0 Å². The highest BCUT2D eigenvalue weighted by atomic mass is 16.5. The molecule has 1 spiro atoms. The first-order valence-corrected chi connectivity index (χ1v) is 5.03. The van der Waals surface area contributed by atoms with Crippen molar-refractivity contribution in [3.8, 4) is 0 Å². The Balaban J connectivity index is 2.17. The fourth-order valence-electron chi connectivity index (χ4n) is 2.41. The summed E-state index contributed by atoms with van der Waals surface area (Å²) < 4.78 is 5.35. The van der Waals surface area contributed by atoms with Crippen LogP contribution in [0, 0.1) is 0 Å². The average Bonchev–Trinajstić information content (AvgIpc) is 2.17. The molecule has 3 rings (SSSR count). The lowest BCUT2D eigenvalue weighted by molar-refractivity contribution is -0.0653. The van der Waals surface area contributed by atoms with Crippen molar-refractivity contribution in [1.82, 2.24) is 4.98 Å². The third kappa shape index (κ3) is 0.919. The van der Waals surface area contributed by atoms with Crippen LogP contribution in [0.3, 0.4) is 0 Å². The number of hydrogen-bond acceptors (Lipinski definition) is 2. The molecule has 0 amide bonds. The molecule has 2 heterocycles. The molecular formula is C12H13NO. The molecule has 2 aliphatic rings. The summed E-state index contributed by atoms with van der Waals surface area (Å²) in [6, 6.07) is 4.19. The molecule has 1 aliphatic heterocycles. The molecule has 0 N–H and O–H groups in total. The first-order chi connectivity index (χ1) is 6.82. The van der Waals surface area contributed by atoms with Gasteiger partial charge in [-0.2, -0.15) is 0 Å². The predicted octanol–water partition coefficient (Wildman–Crippen LogP) is 2.16. The summed E-state index contributed by atoms with van der Waals surface area (Å²) in [5.41, 5.74) is 3.91. The SMILES string of the molecule is C=C1CCC2(COC2)c2cccnc21. The van der Waals surface area contributed by atoms with Crippen LogP contribution < -0.4 is 0 Å².